The summed E-state index contributed by atoms with van der Waals surface area (Å²) in [6.45, 7) is 14.1. The van der Waals surface area contributed by atoms with Crippen LogP contribution in [0.3, 0.4) is 0 Å². The molecule has 0 aliphatic heterocycles. The Morgan fingerprint density at radius 2 is 1.90 bits per heavy atom. The fourth-order valence-electron chi connectivity index (χ4n) is 1.30. The van der Waals surface area contributed by atoms with Crippen LogP contribution in [0.1, 0.15) is 40.5 Å². The van der Waals surface area contributed by atoms with Crippen LogP contribution in [0, 0.1) is 0 Å². The van der Waals surface area contributed by atoms with Crippen molar-refractivity contribution < 1.29 is 19.1 Å². The Morgan fingerprint density at radius 3 is 2.35 bits per heavy atom. The molecule has 2 atom stereocenters. The molecule has 0 fully saturated rings. The van der Waals surface area contributed by atoms with Crippen molar-refractivity contribution in [2.45, 2.75) is 58.3 Å². The molecule has 1 amide bonds. The highest BCUT2D eigenvalue weighted by Gasteiger charge is 2.25. The largest absolute Gasteiger partial charge is 0.457 e. The van der Waals surface area contributed by atoms with E-state index in [9.17, 15) is 9.59 Å². The van der Waals surface area contributed by atoms with Crippen molar-refractivity contribution in [2.75, 3.05) is 0 Å². The van der Waals surface area contributed by atoms with E-state index in [0.717, 1.165) is 0 Å². The molecular formula is C15H25NO4. The second-order valence-electron chi connectivity index (χ2n) is 5.44. The van der Waals surface area contributed by atoms with Gasteiger partial charge in [-0.3, -0.25) is 0 Å². The molecule has 0 saturated heterocycles. The van der Waals surface area contributed by atoms with Crippen molar-refractivity contribution >= 4 is 12.1 Å². The monoisotopic (exact) mass is 283 g/mol. The van der Waals surface area contributed by atoms with Gasteiger partial charge in [-0.05, 0) is 40.5 Å². The molecule has 0 aromatic carbocycles. The number of carbonyl (C=O) groups excluding carboxylic acids is 2. The summed E-state index contributed by atoms with van der Waals surface area (Å²) in [5.41, 5.74) is -0.620. The third-order valence-electron chi connectivity index (χ3n) is 2.27. The first-order chi connectivity index (χ1) is 9.19. The van der Waals surface area contributed by atoms with E-state index in [1.165, 1.54) is 6.08 Å². The topological polar surface area (TPSA) is 64.6 Å². The van der Waals surface area contributed by atoms with E-state index in [-0.39, 0.29) is 0 Å². The summed E-state index contributed by atoms with van der Waals surface area (Å²) in [7, 11) is 0. The van der Waals surface area contributed by atoms with Crippen molar-refractivity contribution in [3.05, 3.63) is 25.3 Å². The Morgan fingerprint density at radius 1 is 1.30 bits per heavy atom. The minimum atomic E-state index is -0.759. The van der Waals surface area contributed by atoms with Crippen LogP contribution in [0.2, 0.25) is 0 Å². The fraction of sp³-hybridized carbons (Fsp3) is 0.600. The Labute approximate surface area is 121 Å². The number of ether oxygens (including phenoxy) is 2. The lowest BCUT2D eigenvalue weighted by Crippen LogP contribution is -2.44. The smallest absolute Gasteiger partial charge is 0.408 e. The van der Waals surface area contributed by atoms with Gasteiger partial charge in [0, 0.05) is 0 Å². The quantitative estimate of drug-likeness (QED) is 0.576. The van der Waals surface area contributed by atoms with Crippen molar-refractivity contribution in [3.8, 4) is 0 Å². The van der Waals surface area contributed by atoms with Crippen molar-refractivity contribution in [2.24, 2.45) is 0 Å². The number of rotatable bonds is 7. The van der Waals surface area contributed by atoms with E-state index in [2.05, 4.69) is 18.5 Å². The molecule has 0 heterocycles. The molecule has 0 aliphatic rings. The molecule has 5 nitrogen and oxygen atoms in total. The maximum Gasteiger partial charge on any atom is 0.408 e. The van der Waals surface area contributed by atoms with E-state index in [0.29, 0.717) is 12.8 Å². The van der Waals surface area contributed by atoms with Gasteiger partial charge in [0.1, 0.15) is 17.7 Å². The Bertz CT molecular complexity index is 357. The zero-order chi connectivity index (χ0) is 15.8. The number of nitrogens with one attached hydrogen (secondary N) is 1. The van der Waals surface area contributed by atoms with E-state index in [1.807, 2.05) is 0 Å². The highest BCUT2D eigenvalue weighted by molar-refractivity contribution is 5.81. The Hall–Kier alpha value is -1.78. The number of amides is 1. The SMILES string of the molecule is C=CCCC(NC(=O)OC(C)(C)C)C(=O)O[C@@H](C)C=C. The van der Waals surface area contributed by atoms with Gasteiger partial charge in [0.2, 0.25) is 0 Å². The van der Waals surface area contributed by atoms with E-state index in [4.69, 9.17) is 9.47 Å². The molecule has 0 radical (unpaired) electrons. The van der Waals surface area contributed by atoms with Gasteiger partial charge in [0.25, 0.3) is 0 Å². The number of esters is 1. The Kier molecular flexibility index (Phi) is 7.65. The van der Waals surface area contributed by atoms with Crippen LogP contribution in [0.15, 0.2) is 25.3 Å². The number of hydrogen-bond donors (Lipinski definition) is 1. The fourth-order valence-corrected chi connectivity index (χ4v) is 1.30. The van der Waals surface area contributed by atoms with E-state index in [1.54, 1.807) is 33.8 Å². The lowest BCUT2D eigenvalue weighted by atomic mass is 10.1. The first kappa shape index (κ1) is 18.2. The molecule has 1 N–H and O–H groups in total. The average Bonchev–Trinajstić information content (AvgIpc) is 2.31. The number of carbonyl (C=O) groups is 2. The van der Waals surface area contributed by atoms with Gasteiger partial charge in [-0.2, -0.15) is 0 Å². The van der Waals surface area contributed by atoms with Gasteiger partial charge in [-0.15, -0.1) is 6.58 Å². The third-order valence-corrected chi connectivity index (χ3v) is 2.27. The number of alkyl carbamates (subject to hydrolysis) is 1. The summed E-state index contributed by atoms with van der Waals surface area (Å²) >= 11 is 0. The lowest BCUT2D eigenvalue weighted by Gasteiger charge is -2.23. The second-order valence-corrected chi connectivity index (χ2v) is 5.44. The molecule has 114 valence electrons. The normalized spacial score (nSPS) is 13.8. The zero-order valence-corrected chi connectivity index (χ0v) is 12.8. The van der Waals surface area contributed by atoms with Gasteiger partial charge >= 0.3 is 12.1 Å². The predicted molar refractivity (Wildman–Crippen MR) is 78.3 cm³/mol. The van der Waals surface area contributed by atoms with Crippen LogP contribution < -0.4 is 5.32 Å². The van der Waals surface area contributed by atoms with Crippen LogP contribution in [0.4, 0.5) is 4.79 Å². The molecule has 5 heteroatoms. The highest BCUT2D eigenvalue weighted by Crippen LogP contribution is 2.09. The first-order valence-electron chi connectivity index (χ1n) is 6.63. The summed E-state index contributed by atoms with van der Waals surface area (Å²) in [5, 5.41) is 2.52. The maximum atomic E-state index is 11.9. The van der Waals surface area contributed by atoms with E-state index < -0.39 is 29.8 Å². The van der Waals surface area contributed by atoms with E-state index >= 15 is 0 Å². The molecule has 0 saturated carbocycles. The predicted octanol–water partition coefficient (Wildman–Crippen LogP) is 2.96. The molecule has 0 aromatic heterocycles. The molecule has 1 unspecified atom stereocenters. The average molecular weight is 283 g/mol. The molecule has 20 heavy (non-hydrogen) atoms. The van der Waals surface area contributed by atoms with Crippen LogP contribution in [0.5, 0.6) is 0 Å². The summed E-state index contributed by atoms with van der Waals surface area (Å²) in [6, 6.07) is -0.759. The van der Waals surface area contributed by atoms with Crippen molar-refractivity contribution in [3.63, 3.8) is 0 Å². The molecule has 0 bridgehead atoms. The highest BCUT2D eigenvalue weighted by atomic mass is 16.6. The van der Waals surface area contributed by atoms with Gasteiger partial charge in [0.05, 0.1) is 0 Å². The third kappa shape index (κ3) is 8.34. The number of hydrogen-bond acceptors (Lipinski definition) is 4. The summed E-state index contributed by atoms with van der Waals surface area (Å²) in [6.07, 6.45) is 3.12. The van der Waals surface area contributed by atoms with Gasteiger partial charge in [-0.1, -0.05) is 18.7 Å². The van der Waals surface area contributed by atoms with Crippen LogP contribution in [0.25, 0.3) is 0 Å². The zero-order valence-electron chi connectivity index (χ0n) is 12.8. The van der Waals surface area contributed by atoms with Gasteiger partial charge < -0.3 is 14.8 Å². The van der Waals surface area contributed by atoms with Crippen LogP contribution in [-0.4, -0.2) is 29.8 Å². The molecule has 0 aliphatic carbocycles. The molecule has 0 rings (SSSR count). The molecule has 0 aromatic rings. The lowest BCUT2D eigenvalue weighted by molar-refractivity contribution is -0.148. The van der Waals surface area contributed by atoms with Crippen LogP contribution in [-0.2, 0) is 14.3 Å². The summed E-state index contributed by atoms with van der Waals surface area (Å²) in [4.78, 5) is 23.6. The Balaban J connectivity index is 4.62. The second kappa shape index (κ2) is 8.40. The van der Waals surface area contributed by atoms with Gasteiger partial charge in [-0.25, -0.2) is 9.59 Å². The van der Waals surface area contributed by atoms with Gasteiger partial charge in [0.15, 0.2) is 0 Å². The number of allylic oxidation sites excluding steroid dienone is 1. The molecular weight excluding hydrogens is 258 g/mol. The van der Waals surface area contributed by atoms with Crippen molar-refractivity contribution in [1.82, 2.24) is 5.32 Å². The van der Waals surface area contributed by atoms with Crippen molar-refractivity contribution in [1.29, 1.82) is 0 Å². The maximum absolute atomic E-state index is 11.9. The van der Waals surface area contributed by atoms with Crippen LogP contribution >= 0.6 is 0 Å². The minimum Gasteiger partial charge on any atom is -0.457 e. The first-order valence-corrected chi connectivity index (χ1v) is 6.63. The standard InChI is InChI=1S/C15H25NO4/c1-7-9-10-12(13(17)19-11(3)8-2)16-14(18)20-15(4,5)6/h7-8,11-12H,1-2,9-10H2,3-6H3,(H,16,18)/t11-,12?/m0/s1. The molecule has 0 spiro atoms. The minimum absolute atomic E-state index is 0.408. The summed E-state index contributed by atoms with van der Waals surface area (Å²) in [5.74, 6) is -0.509. The summed E-state index contributed by atoms with van der Waals surface area (Å²) < 4.78 is 10.3.